The maximum atomic E-state index is 13.0. The molecule has 1 N–H and O–H groups in total. The van der Waals surface area contributed by atoms with E-state index >= 15 is 0 Å². The van der Waals surface area contributed by atoms with E-state index in [-0.39, 0.29) is 23.1 Å². The Hall–Kier alpha value is -3.41. The van der Waals surface area contributed by atoms with Gasteiger partial charge in [-0.1, -0.05) is 62.4 Å². The van der Waals surface area contributed by atoms with Crippen molar-refractivity contribution in [3.8, 4) is 16.9 Å². The molecule has 6 nitrogen and oxygen atoms in total. The molecule has 0 saturated heterocycles. The van der Waals surface area contributed by atoms with Crippen molar-refractivity contribution in [1.82, 2.24) is 15.1 Å². The monoisotopic (exact) mass is 377 g/mol. The number of esters is 1. The van der Waals surface area contributed by atoms with Crippen molar-refractivity contribution in [1.29, 1.82) is 0 Å². The van der Waals surface area contributed by atoms with Crippen LogP contribution in [0.2, 0.25) is 0 Å². The normalized spacial score (nSPS) is 10.7. The van der Waals surface area contributed by atoms with Crippen LogP contribution in [0.25, 0.3) is 16.9 Å². The molecule has 0 radical (unpaired) electrons. The molecule has 1 aromatic heterocycles. The molecule has 0 unspecified atom stereocenters. The minimum absolute atomic E-state index is 0.152. The lowest BCUT2D eigenvalue weighted by Gasteiger charge is -2.11. The molecular formula is C22H23N3O3. The van der Waals surface area contributed by atoms with Crippen molar-refractivity contribution >= 4 is 11.9 Å². The van der Waals surface area contributed by atoms with E-state index in [0.29, 0.717) is 17.9 Å². The Morgan fingerprint density at radius 3 is 2.21 bits per heavy atom. The summed E-state index contributed by atoms with van der Waals surface area (Å²) in [4.78, 5) is 25.7. The first-order chi connectivity index (χ1) is 13.5. The Labute approximate surface area is 164 Å². The second-order valence-corrected chi connectivity index (χ2v) is 6.78. The molecule has 2 aromatic carbocycles. The highest BCUT2D eigenvalue weighted by Crippen LogP contribution is 2.28. The zero-order valence-corrected chi connectivity index (χ0v) is 16.2. The lowest BCUT2D eigenvalue weighted by atomic mass is 10.1. The maximum Gasteiger partial charge on any atom is 0.342 e. The number of methoxy groups -OCH3 is 1. The molecule has 0 fully saturated rings. The Kier molecular flexibility index (Phi) is 5.89. The number of rotatable bonds is 6. The van der Waals surface area contributed by atoms with Gasteiger partial charge in [-0.2, -0.15) is 5.10 Å². The van der Waals surface area contributed by atoms with Gasteiger partial charge < -0.3 is 10.1 Å². The van der Waals surface area contributed by atoms with Crippen LogP contribution in [0.5, 0.6) is 0 Å². The number of hydrogen-bond donors (Lipinski definition) is 1. The average molecular weight is 377 g/mol. The van der Waals surface area contributed by atoms with Crippen molar-refractivity contribution in [2.75, 3.05) is 13.7 Å². The van der Waals surface area contributed by atoms with Crippen LogP contribution >= 0.6 is 0 Å². The fourth-order valence-electron chi connectivity index (χ4n) is 2.86. The highest BCUT2D eigenvalue weighted by molar-refractivity contribution is 6.08. The third kappa shape index (κ3) is 3.96. The van der Waals surface area contributed by atoms with Crippen LogP contribution < -0.4 is 5.32 Å². The number of amides is 1. The van der Waals surface area contributed by atoms with Gasteiger partial charge in [-0.15, -0.1) is 0 Å². The van der Waals surface area contributed by atoms with Crippen LogP contribution in [0.3, 0.4) is 0 Å². The molecule has 0 atom stereocenters. The van der Waals surface area contributed by atoms with Gasteiger partial charge in [0.25, 0.3) is 5.91 Å². The number of nitrogens with one attached hydrogen (secondary N) is 1. The van der Waals surface area contributed by atoms with Gasteiger partial charge in [0.15, 0.2) is 0 Å². The van der Waals surface area contributed by atoms with Gasteiger partial charge in [-0.25, -0.2) is 9.48 Å². The van der Waals surface area contributed by atoms with Gasteiger partial charge in [0.2, 0.25) is 0 Å². The molecule has 0 bridgehead atoms. The standard InChI is InChI=1S/C22H23N3O3/c1-15(2)14-23-21(26)20-18(22(27)28-3)19(16-10-6-4-7-11-16)24-25(20)17-12-8-5-9-13-17/h4-13,15H,14H2,1-3H3,(H,23,26). The quantitative estimate of drug-likeness (QED) is 0.665. The van der Waals surface area contributed by atoms with Crippen molar-refractivity contribution in [3.05, 3.63) is 71.9 Å². The summed E-state index contributed by atoms with van der Waals surface area (Å²) in [5.41, 5.74) is 2.14. The summed E-state index contributed by atoms with van der Waals surface area (Å²) in [5, 5.41) is 7.51. The predicted octanol–water partition coefficient (Wildman–Crippen LogP) is 3.71. The molecule has 1 heterocycles. The second kappa shape index (κ2) is 8.52. The SMILES string of the molecule is COC(=O)c1c(-c2ccccc2)nn(-c2ccccc2)c1C(=O)NCC(C)C. The Morgan fingerprint density at radius 2 is 1.64 bits per heavy atom. The molecule has 144 valence electrons. The molecule has 6 heteroatoms. The number of aromatic nitrogens is 2. The number of carbonyl (C=O) groups is 2. The van der Waals surface area contributed by atoms with E-state index in [0.717, 1.165) is 5.56 Å². The smallest absolute Gasteiger partial charge is 0.342 e. The highest BCUT2D eigenvalue weighted by atomic mass is 16.5. The molecule has 0 spiro atoms. The average Bonchev–Trinajstić information content (AvgIpc) is 3.13. The Balaban J connectivity index is 2.25. The van der Waals surface area contributed by atoms with Crippen LogP contribution in [0.1, 0.15) is 34.7 Å². The minimum Gasteiger partial charge on any atom is -0.465 e. The van der Waals surface area contributed by atoms with E-state index < -0.39 is 5.97 Å². The van der Waals surface area contributed by atoms with E-state index in [1.807, 2.05) is 74.5 Å². The number of para-hydroxylation sites is 1. The van der Waals surface area contributed by atoms with E-state index in [2.05, 4.69) is 10.4 Å². The first-order valence-corrected chi connectivity index (χ1v) is 9.13. The number of benzene rings is 2. The van der Waals surface area contributed by atoms with Crippen molar-refractivity contribution in [2.24, 2.45) is 5.92 Å². The number of carbonyl (C=O) groups excluding carboxylic acids is 2. The fraction of sp³-hybridized carbons (Fsp3) is 0.227. The molecular weight excluding hydrogens is 354 g/mol. The fourth-order valence-corrected chi connectivity index (χ4v) is 2.86. The van der Waals surface area contributed by atoms with Gasteiger partial charge >= 0.3 is 5.97 Å². The minimum atomic E-state index is -0.601. The lowest BCUT2D eigenvalue weighted by Crippen LogP contribution is -2.30. The van der Waals surface area contributed by atoms with E-state index in [1.54, 1.807) is 0 Å². The Bertz CT molecular complexity index is 963. The van der Waals surface area contributed by atoms with Crippen molar-refractivity contribution in [3.63, 3.8) is 0 Å². The zero-order chi connectivity index (χ0) is 20.1. The molecule has 0 aliphatic carbocycles. The van der Waals surface area contributed by atoms with Crippen LogP contribution in [0, 0.1) is 5.92 Å². The van der Waals surface area contributed by atoms with Crippen LogP contribution in [-0.2, 0) is 4.74 Å². The number of nitrogens with zero attached hydrogens (tertiary/aromatic N) is 2. The molecule has 3 rings (SSSR count). The highest BCUT2D eigenvalue weighted by Gasteiger charge is 2.30. The van der Waals surface area contributed by atoms with Crippen molar-refractivity contribution in [2.45, 2.75) is 13.8 Å². The molecule has 0 saturated carbocycles. The van der Waals surface area contributed by atoms with Gasteiger partial charge in [0.05, 0.1) is 12.8 Å². The summed E-state index contributed by atoms with van der Waals surface area (Å²) in [7, 11) is 1.30. The third-order valence-electron chi connectivity index (χ3n) is 4.21. The maximum absolute atomic E-state index is 13.0. The molecule has 0 aliphatic heterocycles. The summed E-state index contributed by atoms with van der Waals surface area (Å²) < 4.78 is 6.50. The van der Waals surface area contributed by atoms with Gasteiger partial charge in [-0.3, -0.25) is 4.79 Å². The first-order valence-electron chi connectivity index (χ1n) is 9.13. The predicted molar refractivity (Wildman–Crippen MR) is 108 cm³/mol. The van der Waals surface area contributed by atoms with Gasteiger partial charge in [0, 0.05) is 12.1 Å². The molecule has 0 aliphatic rings. The van der Waals surface area contributed by atoms with Gasteiger partial charge in [-0.05, 0) is 18.1 Å². The first kappa shape index (κ1) is 19.4. The summed E-state index contributed by atoms with van der Waals surface area (Å²) in [5.74, 6) is -0.699. The Morgan fingerprint density at radius 1 is 1.04 bits per heavy atom. The summed E-state index contributed by atoms with van der Waals surface area (Å²) in [6, 6.07) is 18.5. The molecule has 28 heavy (non-hydrogen) atoms. The number of hydrogen-bond acceptors (Lipinski definition) is 4. The van der Waals surface area contributed by atoms with E-state index in [9.17, 15) is 9.59 Å². The molecule has 1 amide bonds. The van der Waals surface area contributed by atoms with Gasteiger partial charge in [0.1, 0.15) is 17.0 Å². The van der Waals surface area contributed by atoms with E-state index in [4.69, 9.17) is 4.74 Å². The molecule has 3 aromatic rings. The third-order valence-corrected chi connectivity index (χ3v) is 4.21. The topological polar surface area (TPSA) is 73.2 Å². The largest absolute Gasteiger partial charge is 0.465 e. The summed E-state index contributed by atoms with van der Waals surface area (Å²) in [6.45, 7) is 4.50. The van der Waals surface area contributed by atoms with E-state index in [1.165, 1.54) is 11.8 Å². The zero-order valence-electron chi connectivity index (χ0n) is 16.2. The number of ether oxygens (including phenoxy) is 1. The van der Waals surface area contributed by atoms with Crippen LogP contribution in [0.15, 0.2) is 60.7 Å². The van der Waals surface area contributed by atoms with Crippen LogP contribution in [0.4, 0.5) is 0 Å². The second-order valence-electron chi connectivity index (χ2n) is 6.78. The lowest BCUT2D eigenvalue weighted by molar-refractivity contribution is 0.0597. The summed E-state index contributed by atoms with van der Waals surface area (Å²) >= 11 is 0. The van der Waals surface area contributed by atoms with Crippen LogP contribution in [-0.4, -0.2) is 35.3 Å². The summed E-state index contributed by atoms with van der Waals surface area (Å²) in [6.07, 6.45) is 0. The van der Waals surface area contributed by atoms with Crippen molar-refractivity contribution < 1.29 is 14.3 Å².